The van der Waals surface area contributed by atoms with E-state index in [1.54, 1.807) is 7.11 Å². The Morgan fingerprint density at radius 3 is 2.32 bits per heavy atom. The lowest BCUT2D eigenvalue weighted by Gasteiger charge is -2.42. The number of nitrogens with zero attached hydrogens (tertiary/aromatic N) is 1. The summed E-state index contributed by atoms with van der Waals surface area (Å²) in [6.45, 7) is 7.36. The molecule has 1 aromatic rings. The van der Waals surface area contributed by atoms with Crippen molar-refractivity contribution in [1.82, 2.24) is 4.90 Å². The highest BCUT2D eigenvalue weighted by Gasteiger charge is 2.30. The summed E-state index contributed by atoms with van der Waals surface area (Å²) in [5.41, 5.74) is 7.32. The van der Waals surface area contributed by atoms with Gasteiger partial charge in [0.25, 0.3) is 0 Å². The van der Waals surface area contributed by atoms with Crippen molar-refractivity contribution in [1.29, 1.82) is 0 Å². The van der Waals surface area contributed by atoms with Crippen LogP contribution in [0.2, 0.25) is 0 Å². The first kappa shape index (κ1) is 16.0. The van der Waals surface area contributed by atoms with Gasteiger partial charge in [-0.25, -0.2) is 0 Å². The molecule has 3 heteroatoms. The largest absolute Gasteiger partial charge is 0.497 e. The molecule has 0 heterocycles. The highest BCUT2D eigenvalue weighted by Crippen LogP contribution is 2.23. The Kier molecular flexibility index (Phi) is 5.83. The van der Waals surface area contributed by atoms with E-state index in [1.807, 2.05) is 12.1 Å². The van der Waals surface area contributed by atoms with Crippen LogP contribution in [0.25, 0.3) is 0 Å². The molecule has 0 aliphatic rings. The molecule has 108 valence electrons. The fraction of sp³-hybridized carbons (Fsp3) is 0.625. The summed E-state index contributed by atoms with van der Waals surface area (Å²) in [5, 5.41) is 0. The van der Waals surface area contributed by atoms with Crippen molar-refractivity contribution in [2.24, 2.45) is 5.73 Å². The van der Waals surface area contributed by atoms with Gasteiger partial charge in [-0.15, -0.1) is 0 Å². The standard InChI is InChI=1S/C16H28N2O/c1-6-13(2)18(4)16(3,12-17)11-14-7-9-15(19-5)10-8-14/h7-10,13H,6,11-12,17H2,1-5H3. The van der Waals surface area contributed by atoms with E-state index in [0.717, 1.165) is 18.6 Å². The Labute approximate surface area is 117 Å². The number of ether oxygens (including phenoxy) is 1. The predicted octanol–water partition coefficient (Wildman–Crippen LogP) is 2.69. The van der Waals surface area contributed by atoms with Crippen molar-refractivity contribution in [2.75, 3.05) is 20.7 Å². The number of benzene rings is 1. The number of hydrogen-bond donors (Lipinski definition) is 1. The maximum atomic E-state index is 6.04. The number of methoxy groups -OCH3 is 1. The maximum absolute atomic E-state index is 6.04. The van der Waals surface area contributed by atoms with Crippen LogP contribution in [0.15, 0.2) is 24.3 Å². The van der Waals surface area contributed by atoms with Crippen molar-refractivity contribution in [3.8, 4) is 5.75 Å². The van der Waals surface area contributed by atoms with Gasteiger partial charge in [0.15, 0.2) is 0 Å². The average molecular weight is 264 g/mol. The van der Waals surface area contributed by atoms with Crippen LogP contribution in [0.5, 0.6) is 5.75 Å². The van der Waals surface area contributed by atoms with Gasteiger partial charge < -0.3 is 10.5 Å². The van der Waals surface area contributed by atoms with Gasteiger partial charge in [0, 0.05) is 18.1 Å². The highest BCUT2D eigenvalue weighted by molar-refractivity contribution is 5.28. The summed E-state index contributed by atoms with van der Waals surface area (Å²) in [4.78, 5) is 2.40. The van der Waals surface area contributed by atoms with Crippen LogP contribution < -0.4 is 10.5 Å². The smallest absolute Gasteiger partial charge is 0.118 e. The molecular formula is C16H28N2O. The van der Waals surface area contributed by atoms with Crippen molar-refractivity contribution in [3.05, 3.63) is 29.8 Å². The Hall–Kier alpha value is -1.06. The summed E-state index contributed by atoms with van der Waals surface area (Å²) >= 11 is 0. The van der Waals surface area contributed by atoms with Gasteiger partial charge in [0.1, 0.15) is 5.75 Å². The first-order valence-corrected chi connectivity index (χ1v) is 7.02. The zero-order valence-electron chi connectivity index (χ0n) is 12.9. The molecule has 1 rings (SSSR count). The minimum absolute atomic E-state index is 0.00991. The van der Waals surface area contributed by atoms with E-state index in [4.69, 9.17) is 10.5 Å². The van der Waals surface area contributed by atoms with Gasteiger partial charge in [-0.1, -0.05) is 19.1 Å². The van der Waals surface area contributed by atoms with Crippen LogP contribution in [-0.2, 0) is 6.42 Å². The van der Waals surface area contributed by atoms with Crippen molar-refractivity contribution in [3.63, 3.8) is 0 Å². The van der Waals surface area contributed by atoms with Gasteiger partial charge in [-0.3, -0.25) is 4.90 Å². The fourth-order valence-electron chi connectivity index (χ4n) is 2.33. The minimum Gasteiger partial charge on any atom is -0.497 e. The van der Waals surface area contributed by atoms with Gasteiger partial charge in [0.2, 0.25) is 0 Å². The third-order valence-corrected chi connectivity index (χ3v) is 4.29. The van der Waals surface area contributed by atoms with E-state index in [9.17, 15) is 0 Å². The quantitative estimate of drug-likeness (QED) is 0.823. The first-order valence-electron chi connectivity index (χ1n) is 7.02. The van der Waals surface area contributed by atoms with E-state index >= 15 is 0 Å². The molecule has 2 unspecified atom stereocenters. The molecule has 0 fully saturated rings. The van der Waals surface area contributed by atoms with Crippen LogP contribution in [0.4, 0.5) is 0 Å². The topological polar surface area (TPSA) is 38.5 Å². The molecule has 0 bridgehead atoms. The molecule has 3 nitrogen and oxygen atoms in total. The van der Waals surface area contributed by atoms with Crippen molar-refractivity contribution >= 4 is 0 Å². The normalized spacial score (nSPS) is 16.2. The lowest BCUT2D eigenvalue weighted by Crippen LogP contribution is -2.54. The number of likely N-dealkylation sites (N-methyl/N-ethyl adjacent to an activating group) is 1. The van der Waals surface area contributed by atoms with Crippen LogP contribution >= 0.6 is 0 Å². The third-order valence-electron chi connectivity index (χ3n) is 4.29. The Balaban J connectivity index is 2.84. The molecule has 19 heavy (non-hydrogen) atoms. The second kappa shape index (κ2) is 6.92. The number of nitrogens with two attached hydrogens (primary N) is 1. The zero-order valence-corrected chi connectivity index (χ0v) is 12.9. The third kappa shape index (κ3) is 3.95. The van der Waals surface area contributed by atoms with E-state index in [1.165, 1.54) is 5.56 Å². The molecule has 2 N–H and O–H groups in total. The predicted molar refractivity (Wildman–Crippen MR) is 81.7 cm³/mol. The summed E-state index contributed by atoms with van der Waals surface area (Å²) in [7, 11) is 3.86. The second-order valence-electron chi connectivity index (χ2n) is 5.59. The molecule has 2 atom stereocenters. The molecule has 0 saturated heterocycles. The number of rotatable bonds is 7. The summed E-state index contributed by atoms with van der Waals surface area (Å²) in [5.74, 6) is 0.897. The SMILES string of the molecule is CCC(C)N(C)C(C)(CN)Cc1ccc(OC)cc1. The van der Waals surface area contributed by atoms with E-state index in [0.29, 0.717) is 12.6 Å². The summed E-state index contributed by atoms with van der Waals surface area (Å²) in [6, 6.07) is 8.80. The van der Waals surface area contributed by atoms with Gasteiger partial charge in [0.05, 0.1) is 7.11 Å². The summed E-state index contributed by atoms with van der Waals surface area (Å²) < 4.78 is 5.19. The fourth-order valence-corrected chi connectivity index (χ4v) is 2.33. The molecule has 1 aromatic carbocycles. The van der Waals surface area contributed by atoms with Gasteiger partial charge in [-0.05, 0) is 51.4 Å². The molecule has 0 aliphatic carbocycles. The van der Waals surface area contributed by atoms with E-state index in [-0.39, 0.29) is 5.54 Å². The van der Waals surface area contributed by atoms with Crippen molar-refractivity contribution < 1.29 is 4.74 Å². The Bertz CT molecular complexity index is 377. The molecule has 0 aromatic heterocycles. The molecule has 0 aliphatic heterocycles. The molecule has 0 radical (unpaired) electrons. The molecule has 0 spiro atoms. The average Bonchev–Trinajstić information content (AvgIpc) is 2.46. The van der Waals surface area contributed by atoms with Crippen LogP contribution in [-0.4, -0.2) is 37.2 Å². The Morgan fingerprint density at radius 1 is 1.32 bits per heavy atom. The maximum Gasteiger partial charge on any atom is 0.118 e. The summed E-state index contributed by atoms with van der Waals surface area (Å²) in [6.07, 6.45) is 2.09. The first-order chi connectivity index (χ1) is 8.96. The molecule has 0 saturated carbocycles. The molecule has 0 amide bonds. The minimum atomic E-state index is -0.00991. The lowest BCUT2D eigenvalue weighted by molar-refractivity contribution is 0.0979. The number of hydrogen-bond acceptors (Lipinski definition) is 3. The second-order valence-corrected chi connectivity index (χ2v) is 5.59. The van der Waals surface area contributed by atoms with Crippen LogP contribution in [0.3, 0.4) is 0 Å². The van der Waals surface area contributed by atoms with Gasteiger partial charge >= 0.3 is 0 Å². The lowest BCUT2D eigenvalue weighted by atomic mass is 9.89. The van der Waals surface area contributed by atoms with Crippen molar-refractivity contribution in [2.45, 2.75) is 45.2 Å². The monoisotopic (exact) mass is 264 g/mol. The zero-order chi connectivity index (χ0) is 14.5. The Morgan fingerprint density at radius 2 is 1.89 bits per heavy atom. The van der Waals surface area contributed by atoms with Crippen LogP contribution in [0.1, 0.15) is 32.8 Å². The van der Waals surface area contributed by atoms with Crippen LogP contribution in [0, 0.1) is 0 Å². The van der Waals surface area contributed by atoms with Gasteiger partial charge in [-0.2, -0.15) is 0 Å². The van der Waals surface area contributed by atoms with E-state index in [2.05, 4.69) is 44.9 Å². The molecular weight excluding hydrogens is 236 g/mol. The van der Waals surface area contributed by atoms with E-state index < -0.39 is 0 Å². The highest BCUT2D eigenvalue weighted by atomic mass is 16.5.